The summed E-state index contributed by atoms with van der Waals surface area (Å²) in [6, 6.07) is 0. The lowest BCUT2D eigenvalue weighted by Crippen LogP contribution is -2.30. The highest BCUT2D eigenvalue weighted by Gasteiger charge is 2.19. The molecule has 0 bridgehead atoms. The lowest BCUT2D eigenvalue weighted by molar-refractivity contribution is -0.167. The summed E-state index contributed by atoms with van der Waals surface area (Å²) in [7, 11) is 0. The Hall–Kier alpha value is -2.37. The number of unbranched alkanes of at least 4 members (excludes halogenated alkanes) is 47. The zero-order chi connectivity index (χ0) is 55.7. The Labute approximate surface area is 480 Å². The fraction of sp³-hybridized carbons (Fsp3) is 0.873. The van der Waals surface area contributed by atoms with Crippen LogP contribution in [-0.4, -0.2) is 37.2 Å². The van der Waals surface area contributed by atoms with Gasteiger partial charge in [0.2, 0.25) is 0 Å². The minimum Gasteiger partial charge on any atom is -0.462 e. The molecule has 6 nitrogen and oxygen atoms in total. The number of ether oxygens (including phenoxy) is 3. The Morgan fingerprint density at radius 2 is 0.468 bits per heavy atom. The maximum atomic E-state index is 12.9. The van der Waals surface area contributed by atoms with Crippen LogP contribution in [0.15, 0.2) is 36.5 Å². The molecule has 0 N–H and O–H groups in total. The van der Waals surface area contributed by atoms with Crippen molar-refractivity contribution in [2.45, 2.75) is 386 Å². The first-order chi connectivity index (χ1) is 38.0. The van der Waals surface area contributed by atoms with Gasteiger partial charge < -0.3 is 14.2 Å². The Bertz CT molecular complexity index is 1290. The summed E-state index contributed by atoms with van der Waals surface area (Å²) in [6.45, 7) is 6.69. The van der Waals surface area contributed by atoms with E-state index in [1.54, 1.807) is 0 Å². The smallest absolute Gasteiger partial charge is 0.306 e. The standard InChI is InChI=1S/C71H132O6/c1-4-7-10-13-16-19-22-25-26-27-28-29-30-31-32-33-34-35-36-37-38-39-40-41-42-43-44-47-49-52-55-58-61-64-70(73)76-67-68(77-71(74)65-62-59-56-53-50-46-24-21-18-15-12-9-6-3)66-75-69(72)63-60-57-54-51-48-45-23-20-17-14-11-8-5-2/h22,25,27-28,30-31,68H,4-21,23-24,26,29,32-67H2,1-3H3/b25-22-,28-27-,31-30-. The number of allylic oxidation sites excluding steroid dienone is 6. The van der Waals surface area contributed by atoms with E-state index in [0.29, 0.717) is 19.3 Å². The van der Waals surface area contributed by atoms with Crippen molar-refractivity contribution in [1.29, 1.82) is 0 Å². The second-order valence-corrected chi connectivity index (χ2v) is 23.5. The predicted octanol–water partition coefficient (Wildman–Crippen LogP) is 23.6. The van der Waals surface area contributed by atoms with Crippen molar-refractivity contribution in [2.24, 2.45) is 0 Å². The average Bonchev–Trinajstić information content (AvgIpc) is 3.43. The highest BCUT2D eigenvalue weighted by molar-refractivity contribution is 5.71. The second kappa shape index (κ2) is 66.1. The van der Waals surface area contributed by atoms with Crippen molar-refractivity contribution in [2.75, 3.05) is 13.2 Å². The Kier molecular flexibility index (Phi) is 64.1. The summed E-state index contributed by atoms with van der Waals surface area (Å²) in [5, 5.41) is 0. The Morgan fingerprint density at radius 3 is 0.727 bits per heavy atom. The van der Waals surface area contributed by atoms with Crippen LogP contribution in [0.3, 0.4) is 0 Å². The molecule has 77 heavy (non-hydrogen) atoms. The average molecular weight is 1080 g/mol. The molecule has 0 aromatic carbocycles. The van der Waals surface area contributed by atoms with Gasteiger partial charge in [0.25, 0.3) is 0 Å². The molecule has 0 amide bonds. The first-order valence-corrected chi connectivity index (χ1v) is 34.5. The summed E-state index contributed by atoms with van der Waals surface area (Å²) in [5.41, 5.74) is 0. The molecule has 0 fully saturated rings. The fourth-order valence-electron chi connectivity index (χ4n) is 10.5. The van der Waals surface area contributed by atoms with Gasteiger partial charge in [-0.05, 0) is 57.8 Å². The molecule has 0 aliphatic rings. The van der Waals surface area contributed by atoms with Gasteiger partial charge in [-0.2, -0.15) is 0 Å². The van der Waals surface area contributed by atoms with Crippen LogP contribution in [-0.2, 0) is 28.6 Å². The van der Waals surface area contributed by atoms with Crippen LogP contribution in [0, 0.1) is 0 Å². The second-order valence-electron chi connectivity index (χ2n) is 23.5. The molecular weight excluding hydrogens is 949 g/mol. The van der Waals surface area contributed by atoms with E-state index >= 15 is 0 Å². The van der Waals surface area contributed by atoms with Crippen LogP contribution in [0.1, 0.15) is 380 Å². The zero-order valence-electron chi connectivity index (χ0n) is 52.0. The normalized spacial score (nSPS) is 12.2. The van der Waals surface area contributed by atoms with Crippen molar-refractivity contribution in [1.82, 2.24) is 0 Å². The van der Waals surface area contributed by atoms with Crippen LogP contribution in [0.5, 0.6) is 0 Å². The van der Waals surface area contributed by atoms with Crippen LogP contribution in [0.25, 0.3) is 0 Å². The van der Waals surface area contributed by atoms with Gasteiger partial charge in [-0.3, -0.25) is 14.4 Å². The molecular formula is C71H132O6. The van der Waals surface area contributed by atoms with Gasteiger partial charge in [-0.25, -0.2) is 0 Å². The molecule has 0 aromatic heterocycles. The van der Waals surface area contributed by atoms with E-state index in [0.717, 1.165) is 70.6 Å². The van der Waals surface area contributed by atoms with E-state index in [1.807, 2.05) is 0 Å². The summed E-state index contributed by atoms with van der Waals surface area (Å²) in [5.74, 6) is -0.837. The van der Waals surface area contributed by atoms with E-state index in [1.165, 1.54) is 270 Å². The van der Waals surface area contributed by atoms with Gasteiger partial charge in [-0.1, -0.05) is 340 Å². The third-order valence-corrected chi connectivity index (χ3v) is 15.6. The molecule has 0 saturated heterocycles. The van der Waals surface area contributed by atoms with Gasteiger partial charge in [0, 0.05) is 19.3 Å². The molecule has 0 radical (unpaired) electrons. The summed E-state index contributed by atoms with van der Waals surface area (Å²) in [4.78, 5) is 38.3. The van der Waals surface area contributed by atoms with E-state index in [9.17, 15) is 14.4 Å². The minimum absolute atomic E-state index is 0.0644. The lowest BCUT2D eigenvalue weighted by Gasteiger charge is -2.18. The maximum Gasteiger partial charge on any atom is 0.306 e. The SMILES string of the molecule is CCCCCCC/C=C\C/C=C\C/C=C\CCCCCCCCCCCCCCCCCCCCC(=O)OCC(COC(=O)CCCCCCCCCCCCCCC)OC(=O)CCCCCCCCCCCCCCC. The minimum atomic E-state index is -0.766. The van der Waals surface area contributed by atoms with Gasteiger partial charge in [0.1, 0.15) is 13.2 Å². The maximum absolute atomic E-state index is 12.9. The third kappa shape index (κ3) is 64.3. The number of esters is 3. The fourth-order valence-corrected chi connectivity index (χ4v) is 10.5. The van der Waals surface area contributed by atoms with Crippen molar-refractivity contribution in [3.05, 3.63) is 36.5 Å². The number of carbonyl (C=O) groups excluding carboxylic acids is 3. The lowest BCUT2D eigenvalue weighted by atomic mass is 10.0. The van der Waals surface area contributed by atoms with E-state index in [2.05, 4.69) is 57.2 Å². The topological polar surface area (TPSA) is 78.9 Å². The van der Waals surface area contributed by atoms with Crippen molar-refractivity contribution in [3.8, 4) is 0 Å². The van der Waals surface area contributed by atoms with Crippen molar-refractivity contribution >= 4 is 17.9 Å². The predicted molar refractivity (Wildman–Crippen MR) is 335 cm³/mol. The number of carbonyl (C=O) groups is 3. The third-order valence-electron chi connectivity index (χ3n) is 15.6. The molecule has 0 spiro atoms. The molecule has 452 valence electrons. The molecule has 0 aromatic rings. The van der Waals surface area contributed by atoms with Crippen molar-refractivity contribution in [3.63, 3.8) is 0 Å². The molecule has 1 atom stereocenters. The first-order valence-electron chi connectivity index (χ1n) is 34.5. The Balaban J connectivity index is 4.06. The van der Waals surface area contributed by atoms with E-state index < -0.39 is 6.10 Å². The van der Waals surface area contributed by atoms with Gasteiger partial charge in [0.15, 0.2) is 6.10 Å². The highest BCUT2D eigenvalue weighted by Crippen LogP contribution is 2.18. The molecule has 0 heterocycles. The van der Waals surface area contributed by atoms with Crippen LogP contribution in [0.4, 0.5) is 0 Å². The number of hydrogen-bond donors (Lipinski definition) is 0. The van der Waals surface area contributed by atoms with Gasteiger partial charge in [-0.15, -0.1) is 0 Å². The summed E-state index contributed by atoms with van der Waals surface area (Å²) >= 11 is 0. The van der Waals surface area contributed by atoms with E-state index in [-0.39, 0.29) is 31.1 Å². The first kappa shape index (κ1) is 74.6. The summed E-state index contributed by atoms with van der Waals surface area (Å²) in [6.07, 6.45) is 81.8. The molecule has 0 aliphatic heterocycles. The van der Waals surface area contributed by atoms with E-state index in [4.69, 9.17) is 14.2 Å². The largest absolute Gasteiger partial charge is 0.462 e. The van der Waals surface area contributed by atoms with Gasteiger partial charge >= 0.3 is 17.9 Å². The monoisotopic (exact) mass is 1080 g/mol. The quantitative estimate of drug-likeness (QED) is 0.0261. The molecule has 0 aliphatic carbocycles. The molecule has 0 saturated carbocycles. The molecule has 6 heteroatoms. The highest BCUT2D eigenvalue weighted by atomic mass is 16.6. The Morgan fingerprint density at radius 1 is 0.260 bits per heavy atom. The molecule has 0 rings (SSSR count). The zero-order valence-corrected chi connectivity index (χ0v) is 52.0. The van der Waals surface area contributed by atoms with Crippen LogP contribution >= 0.6 is 0 Å². The van der Waals surface area contributed by atoms with Crippen LogP contribution < -0.4 is 0 Å². The summed E-state index contributed by atoms with van der Waals surface area (Å²) < 4.78 is 16.9. The van der Waals surface area contributed by atoms with Crippen molar-refractivity contribution < 1.29 is 28.6 Å². The number of rotatable bonds is 64. The molecule has 1 unspecified atom stereocenters. The van der Waals surface area contributed by atoms with Gasteiger partial charge in [0.05, 0.1) is 0 Å². The number of hydrogen-bond acceptors (Lipinski definition) is 6. The van der Waals surface area contributed by atoms with Crippen LogP contribution in [0.2, 0.25) is 0 Å².